The molecule has 2 aliphatic rings. The second-order valence-corrected chi connectivity index (χ2v) is 6.12. The van der Waals surface area contributed by atoms with E-state index in [0.29, 0.717) is 12.6 Å². The summed E-state index contributed by atoms with van der Waals surface area (Å²) in [6.07, 6.45) is 2.78. The molecular formula is C17H24N2O3. The van der Waals surface area contributed by atoms with Gasteiger partial charge in [0, 0.05) is 13.1 Å². The second-order valence-electron chi connectivity index (χ2n) is 6.12. The van der Waals surface area contributed by atoms with Crippen molar-refractivity contribution in [1.82, 2.24) is 10.2 Å². The third-order valence-corrected chi connectivity index (χ3v) is 4.73. The Kier molecular flexibility index (Phi) is 4.52. The molecular weight excluding hydrogens is 280 g/mol. The van der Waals surface area contributed by atoms with E-state index in [1.165, 1.54) is 0 Å². The van der Waals surface area contributed by atoms with Gasteiger partial charge in [0.15, 0.2) is 0 Å². The van der Waals surface area contributed by atoms with Crippen molar-refractivity contribution in [1.29, 1.82) is 0 Å². The monoisotopic (exact) mass is 304 g/mol. The molecule has 0 aliphatic carbocycles. The molecule has 0 spiro atoms. The van der Waals surface area contributed by atoms with Crippen LogP contribution >= 0.6 is 0 Å². The van der Waals surface area contributed by atoms with Gasteiger partial charge >= 0.3 is 0 Å². The highest BCUT2D eigenvalue weighted by molar-refractivity contribution is 5.80. The normalized spacial score (nSPS) is 21.6. The van der Waals surface area contributed by atoms with Crippen LogP contribution in [-0.4, -0.2) is 50.7 Å². The van der Waals surface area contributed by atoms with Crippen molar-refractivity contribution in [3.05, 3.63) is 23.8 Å². The van der Waals surface area contributed by atoms with Gasteiger partial charge in [0.25, 0.3) is 0 Å². The highest BCUT2D eigenvalue weighted by Crippen LogP contribution is 2.31. The number of ether oxygens (including phenoxy) is 2. The van der Waals surface area contributed by atoms with Gasteiger partial charge in [0.1, 0.15) is 18.1 Å². The minimum Gasteiger partial charge on any atom is -0.497 e. The lowest BCUT2D eigenvalue weighted by atomic mass is 9.94. The summed E-state index contributed by atoms with van der Waals surface area (Å²) in [4.78, 5) is 14.7. The molecule has 1 aromatic carbocycles. The molecule has 5 heteroatoms. The van der Waals surface area contributed by atoms with Crippen LogP contribution in [0.1, 0.15) is 18.4 Å². The van der Waals surface area contributed by atoms with Gasteiger partial charge in [-0.1, -0.05) is 0 Å². The molecule has 2 heterocycles. The number of carbonyl (C=O) groups is 1. The standard InChI is InChI=1S/C17H24N2O3/c1-19(14-5-7-18-8-6-14)17(20)13-9-12-10-15(21-2)3-4-16(12)22-11-13/h3-4,10,13-14,18H,5-9,11H2,1-2H3. The van der Waals surface area contributed by atoms with Gasteiger partial charge in [-0.05, 0) is 56.1 Å². The number of nitrogens with zero attached hydrogens (tertiary/aromatic N) is 1. The van der Waals surface area contributed by atoms with Gasteiger partial charge in [-0.3, -0.25) is 4.79 Å². The summed E-state index contributed by atoms with van der Waals surface area (Å²) in [6, 6.07) is 6.13. The van der Waals surface area contributed by atoms with Crippen molar-refractivity contribution in [3.63, 3.8) is 0 Å². The Morgan fingerprint density at radius 1 is 1.36 bits per heavy atom. The maximum absolute atomic E-state index is 12.8. The molecule has 0 aromatic heterocycles. The van der Waals surface area contributed by atoms with Crippen LogP contribution in [0.25, 0.3) is 0 Å². The van der Waals surface area contributed by atoms with E-state index in [-0.39, 0.29) is 11.8 Å². The number of hydrogen-bond acceptors (Lipinski definition) is 4. The minimum absolute atomic E-state index is 0.0977. The van der Waals surface area contributed by atoms with Gasteiger partial charge in [0.05, 0.1) is 13.0 Å². The van der Waals surface area contributed by atoms with E-state index in [2.05, 4.69) is 5.32 Å². The summed E-state index contributed by atoms with van der Waals surface area (Å²) in [5, 5.41) is 3.34. The SMILES string of the molecule is COc1ccc2c(c1)CC(C(=O)N(C)C1CCNCC1)CO2. The number of amides is 1. The lowest BCUT2D eigenvalue weighted by Gasteiger charge is -2.35. The number of piperidine rings is 1. The van der Waals surface area contributed by atoms with Gasteiger partial charge in [-0.25, -0.2) is 0 Å². The molecule has 1 atom stereocenters. The van der Waals surface area contributed by atoms with E-state index < -0.39 is 0 Å². The molecule has 0 saturated carbocycles. The third-order valence-electron chi connectivity index (χ3n) is 4.73. The summed E-state index contributed by atoms with van der Waals surface area (Å²) in [5.41, 5.74) is 1.06. The molecule has 1 N–H and O–H groups in total. The fourth-order valence-electron chi connectivity index (χ4n) is 3.32. The van der Waals surface area contributed by atoms with Gasteiger partial charge in [0.2, 0.25) is 5.91 Å². The molecule has 2 aliphatic heterocycles. The maximum atomic E-state index is 12.8. The highest BCUT2D eigenvalue weighted by Gasteiger charge is 2.31. The number of fused-ring (bicyclic) bond motifs is 1. The average Bonchev–Trinajstić information content (AvgIpc) is 2.60. The Morgan fingerprint density at radius 2 is 2.14 bits per heavy atom. The predicted molar refractivity (Wildman–Crippen MR) is 84.3 cm³/mol. The lowest BCUT2D eigenvalue weighted by molar-refractivity contribution is -0.138. The van der Waals surface area contributed by atoms with E-state index in [0.717, 1.165) is 49.4 Å². The van der Waals surface area contributed by atoms with E-state index in [1.54, 1.807) is 7.11 Å². The zero-order valence-corrected chi connectivity index (χ0v) is 13.3. The predicted octanol–water partition coefficient (Wildman–Crippen LogP) is 1.46. The van der Waals surface area contributed by atoms with Crippen molar-refractivity contribution in [2.24, 2.45) is 5.92 Å². The molecule has 22 heavy (non-hydrogen) atoms. The van der Waals surface area contributed by atoms with Crippen molar-refractivity contribution in [3.8, 4) is 11.5 Å². The van der Waals surface area contributed by atoms with E-state index >= 15 is 0 Å². The quantitative estimate of drug-likeness (QED) is 0.918. The van der Waals surface area contributed by atoms with E-state index in [9.17, 15) is 4.79 Å². The van der Waals surface area contributed by atoms with Crippen molar-refractivity contribution in [2.45, 2.75) is 25.3 Å². The van der Waals surface area contributed by atoms with Crippen LogP contribution in [0.4, 0.5) is 0 Å². The van der Waals surface area contributed by atoms with E-state index in [1.807, 2.05) is 30.1 Å². The molecule has 1 saturated heterocycles. The second kappa shape index (κ2) is 6.57. The summed E-state index contributed by atoms with van der Waals surface area (Å²) in [5.74, 6) is 1.77. The maximum Gasteiger partial charge on any atom is 0.229 e. The van der Waals surface area contributed by atoms with Gasteiger partial charge in [-0.2, -0.15) is 0 Å². The molecule has 0 bridgehead atoms. The third kappa shape index (κ3) is 3.04. The van der Waals surface area contributed by atoms with Crippen molar-refractivity contribution >= 4 is 5.91 Å². The average molecular weight is 304 g/mol. The molecule has 0 radical (unpaired) electrons. The number of nitrogens with one attached hydrogen (secondary N) is 1. The summed E-state index contributed by atoms with van der Waals surface area (Å²) >= 11 is 0. The van der Waals surface area contributed by atoms with Gasteiger partial charge < -0.3 is 19.7 Å². The number of benzene rings is 1. The Balaban J connectivity index is 1.68. The zero-order valence-electron chi connectivity index (χ0n) is 13.3. The Labute approximate surface area is 131 Å². The van der Waals surface area contributed by atoms with Gasteiger partial charge in [-0.15, -0.1) is 0 Å². The first-order valence-electron chi connectivity index (χ1n) is 7.96. The summed E-state index contributed by atoms with van der Waals surface area (Å²) in [6.45, 7) is 2.44. The number of carbonyl (C=O) groups excluding carboxylic acids is 1. The molecule has 1 aromatic rings. The van der Waals surface area contributed by atoms with Crippen molar-refractivity contribution < 1.29 is 14.3 Å². The smallest absolute Gasteiger partial charge is 0.229 e. The topological polar surface area (TPSA) is 50.8 Å². The Morgan fingerprint density at radius 3 is 2.86 bits per heavy atom. The molecule has 3 rings (SSSR count). The highest BCUT2D eigenvalue weighted by atomic mass is 16.5. The molecule has 120 valence electrons. The lowest BCUT2D eigenvalue weighted by Crippen LogP contribution is -2.47. The van der Waals surface area contributed by atoms with E-state index in [4.69, 9.17) is 9.47 Å². The number of methoxy groups -OCH3 is 1. The molecule has 1 amide bonds. The van der Waals surface area contributed by atoms with Crippen LogP contribution in [-0.2, 0) is 11.2 Å². The largest absolute Gasteiger partial charge is 0.497 e. The van der Waals surface area contributed by atoms with Crippen LogP contribution in [0.5, 0.6) is 11.5 Å². The first-order chi connectivity index (χ1) is 10.7. The van der Waals surface area contributed by atoms with Crippen LogP contribution in [0.15, 0.2) is 18.2 Å². The molecule has 1 fully saturated rings. The van der Waals surface area contributed by atoms with Crippen LogP contribution in [0.3, 0.4) is 0 Å². The fourth-order valence-corrected chi connectivity index (χ4v) is 3.32. The number of rotatable bonds is 3. The van der Waals surface area contributed by atoms with Crippen molar-refractivity contribution in [2.75, 3.05) is 33.9 Å². The van der Waals surface area contributed by atoms with Crippen LogP contribution < -0.4 is 14.8 Å². The minimum atomic E-state index is -0.0977. The first-order valence-corrected chi connectivity index (χ1v) is 7.96. The Hall–Kier alpha value is -1.75. The molecule has 1 unspecified atom stereocenters. The summed E-state index contributed by atoms with van der Waals surface area (Å²) < 4.78 is 11.0. The molecule has 5 nitrogen and oxygen atoms in total. The van der Waals surface area contributed by atoms with Crippen LogP contribution in [0, 0.1) is 5.92 Å². The first kappa shape index (κ1) is 15.2. The number of hydrogen-bond donors (Lipinski definition) is 1. The fraction of sp³-hybridized carbons (Fsp3) is 0.588. The zero-order chi connectivity index (χ0) is 15.5. The van der Waals surface area contributed by atoms with Crippen LogP contribution in [0.2, 0.25) is 0 Å². The Bertz CT molecular complexity index is 541. The summed E-state index contributed by atoms with van der Waals surface area (Å²) in [7, 11) is 3.58.